The van der Waals surface area contributed by atoms with E-state index in [2.05, 4.69) is 5.32 Å². The number of amides is 1. The van der Waals surface area contributed by atoms with Crippen LogP contribution in [0.3, 0.4) is 0 Å². The molecule has 6 nitrogen and oxygen atoms in total. The number of sulfone groups is 1. The maximum atomic E-state index is 12.2. The Kier molecular flexibility index (Phi) is 3.79. The van der Waals surface area contributed by atoms with Gasteiger partial charge in [-0.1, -0.05) is 0 Å². The number of hydrogen-bond donors (Lipinski definition) is 2. The van der Waals surface area contributed by atoms with Gasteiger partial charge in [-0.25, -0.2) is 13.2 Å². The van der Waals surface area contributed by atoms with Crippen molar-refractivity contribution in [3.8, 4) is 0 Å². The normalized spacial score (nSPS) is 23.7. The van der Waals surface area contributed by atoms with Crippen LogP contribution in [0.5, 0.6) is 0 Å². The molecule has 0 spiro atoms. The molecule has 0 bridgehead atoms. The lowest BCUT2D eigenvalue weighted by Gasteiger charge is -2.24. The minimum Gasteiger partial charge on any atom is -0.478 e. The van der Waals surface area contributed by atoms with Gasteiger partial charge >= 0.3 is 5.97 Å². The third kappa shape index (κ3) is 3.60. The summed E-state index contributed by atoms with van der Waals surface area (Å²) in [6, 6.07) is 4.34. The predicted molar refractivity (Wildman–Crippen MR) is 77.3 cm³/mol. The van der Waals surface area contributed by atoms with Gasteiger partial charge in [0.15, 0.2) is 9.84 Å². The standard InChI is InChI=1S/C14H17NO5S/c1-9-5-10(7-11(6-9)13(17)18)12(16)15-14(2)3-4-21(19,20)8-14/h5-7H,3-4,8H2,1-2H3,(H,15,16)(H,17,18). The minimum atomic E-state index is -3.12. The number of benzene rings is 1. The van der Waals surface area contributed by atoms with E-state index >= 15 is 0 Å². The van der Waals surface area contributed by atoms with Crippen molar-refractivity contribution in [3.05, 3.63) is 34.9 Å². The molecule has 1 aromatic carbocycles. The molecule has 114 valence electrons. The lowest BCUT2D eigenvalue weighted by Crippen LogP contribution is -2.47. The second-order valence-electron chi connectivity index (χ2n) is 5.75. The molecule has 1 amide bonds. The van der Waals surface area contributed by atoms with E-state index in [1.165, 1.54) is 12.1 Å². The van der Waals surface area contributed by atoms with Crippen LogP contribution >= 0.6 is 0 Å². The third-order valence-electron chi connectivity index (χ3n) is 3.51. The average Bonchev–Trinajstić information content (AvgIpc) is 2.62. The van der Waals surface area contributed by atoms with Crippen molar-refractivity contribution in [2.75, 3.05) is 11.5 Å². The number of carbonyl (C=O) groups is 2. The van der Waals surface area contributed by atoms with Crippen molar-refractivity contribution in [2.24, 2.45) is 0 Å². The molecule has 0 radical (unpaired) electrons. The molecule has 1 aliphatic heterocycles. The quantitative estimate of drug-likeness (QED) is 0.867. The van der Waals surface area contributed by atoms with E-state index in [9.17, 15) is 18.0 Å². The smallest absolute Gasteiger partial charge is 0.335 e. The van der Waals surface area contributed by atoms with Crippen LogP contribution < -0.4 is 5.32 Å². The van der Waals surface area contributed by atoms with Crippen molar-refractivity contribution in [2.45, 2.75) is 25.8 Å². The molecule has 0 aromatic heterocycles. The summed E-state index contributed by atoms with van der Waals surface area (Å²) in [5.41, 5.74) is 0.106. The molecule has 1 fully saturated rings. The molecule has 21 heavy (non-hydrogen) atoms. The van der Waals surface area contributed by atoms with Crippen LogP contribution in [-0.4, -0.2) is 42.4 Å². The summed E-state index contributed by atoms with van der Waals surface area (Å²) in [4.78, 5) is 23.3. The van der Waals surface area contributed by atoms with Crippen LogP contribution in [0.25, 0.3) is 0 Å². The Balaban J connectivity index is 2.23. The Labute approximate surface area is 123 Å². The fraction of sp³-hybridized carbons (Fsp3) is 0.429. The molecule has 2 rings (SSSR count). The van der Waals surface area contributed by atoms with E-state index in [0.29, 0.717) is 12.0 Å². The summed E-state index contributed by atoms with van der Waals surface area (Å²) in [5.74, 6) is -1.61. The number of hydrogen-bond acceptors (Lipinski definition) is 4. The van der Waals surface area contributed by atoms with Crippen molar-refractivity contribution < 1.29 is 23.1 Å². The summed E-state index contributed by atoms with van der Waals surface area (Å²) in [6.07, 6.45) is 0.360. The highest BCUT2D eigenvalue weighted by Crippen LogP contribution is 2.23. The molecule has 0 aliphatic carbocycles. The highest BCUT2D eigenvalue weighted by Gasteiger charge is 2.39. The number of carboxylic acid groups (broad SMARTS) is 1. The van der Waals surface area contributed by atoms with E-state index in [1.54, 1.807) is 19.9 Å². The molecule has 7 heteroatoms. The number of carbonyl (C=O) groups excluding carboxylic acids is 1. The highest BCUT2D eigenvalue weighted by molar-refractivity contribution is 7.91. The monoisotopic (exact) mass is 311 g/mol. The van der Waals surface area contributed by atoms with Gasteiger partial charge in [0.05, 0.1) is 22.6 Å². The van der Waals surface area contributed by atoms with Gasteiger partial charge in [-0.2, -0.15) is 0 Å². The fourth-order valence-electron chi connectivity index (χ4n) is 2.49. The lowest BCUT2D eigenvalue weighted by atomic mass is 10.00. The number of carboxylic acids is 1. The number of nitrogens with one attached hydrogen (secondary N) is 1. The van der Waals surface area contributed by atoms with E-state index in [4.69, 9.17) is 5.11 Å². The molecular weight excluding hydrogens is 294 g/mol. The van der Waals surface area contributed by atoms with Crippen molar-refractivity contribution in [1.29, 1.82) is 0 Å². The van der Waals surface area contributed by atoms with Crippen LogP contribution in [0.1, 0.15) is 39.6 Å². The fourth-order valence-corrected chi connectivity index (χ4v) is 4.59. The molecule has 2 N–H and O–H groups in total. The van der Waals surface area contributed by atoms with Crippen LogP contribution in [0.15, 0.2) is 18.2 Å². The zero-order valence-electron chi connectivity index (χ0n) is 11.8. The Morgan fingerprint density at radius 1 is 1.24 bits per heavy atom. The third-order valence-corrected chi connectivity index (χ3v) is 5.41. The van der Waals surface area contributed by atoms with Crippen molar-refractivity contribution in [3.63, 3.8) is 0 Å². The van der Waals surface area contributed by atoms with Crippen LogP contribution in [0, 0.1) is 6.92 Å². The van der Waals surface area contributed by atoms with Crippen molar-refractivity contribution in [1.82, 2.24) is 5.32 Å². The van der Waals surface area contributed by atoms with Gasteiger partial charge < -0.3 is 10.4 Å². The maximum Gasteiger partial charge on any atom is 0.335 e. The molecule has 1 unspecified atom stereocenters. The van der Waals surface area contributed by atoms with Gasteiger partial charge in [-0.05, 0) is 44.0 Å². The Morgan fingerprint density at radius 2 is 1.86 bits per heavy atom. The van der Waals surface area contributed by atoms with Crippen LogP contribution in [-0.2, 0) is 9.84 Å². The Morgan fingerprint density at radius 3 is 2.38 bits per heavy atom. The summed E-state index contributed by atoms with van der Waals surface area (Å²) in [6.45, 7) is 3.38. The van der Waals surface area contributed by atoms with Gasteiger partial charge in [0.1, 0.15) is 0 Å². The Hall–Kier alpha value is -1.89. The second-order valence-corrected chi connectivity index (χ2v) is 7.93. The topological polar surface area (TPSA) is 101 Å². The van der Waals surface area contributed by atoms with Gasteiger partial charge in [-0.15, -0.1) is 0 Å². The molecule has 1 saturated heterocycles. The minimum absolute atomic E-state index is 0.0318. The SMILES string of the molecule is Cc1cc(C(=O)O)cc(C(=O)NC2(C)CCS(=O)(=O)C2)c1. The predicted octanol–water partition coefficient (Wildman–Crippen LogP) is 1.00. The van der Waals surface area contributed by atoms with Gasteiger partial charge in [-0.3, -0.25) is 4.79 Å². The zero-order chi connectivity index (χ0) is 15.8. The molecule has 1 heterocycles. The maximum absolute atomic E-state index is 12.2. The first kappa shape index (κ1) is 15.5. The van der Waals surface area contributed by atoms with E-state index in [-0.39, 0.29) is 22.6 Å². The highest BCUT2D eigenvalue weighted by atomic mass is 32.2. The molecule has 1 aromatic rings. The number of aromatic carboxylic acids is 1. The van der Waals surface area contributed by atoms with E-state index in [0.717, 1.165) is 0 Å². The van der Waals surface area contributed by atoms with Gasteiger partial charge in [0, 0.05) is 5.56 Å². The summed E-state index contributed by atoms with van der Waals surface area (Å²) < 4.78 is 23.1. The lowest BCUT2D eigenvalue weighted by molar-refractivity contribution is 0.0696. The first-order valence-corrected chi connectivity index (χ1v) is 8.30. The number of rotatable bonds is 3. The van der Waals surface area contributed by atoms with Crippen LogP contribution in [0.4, 0.5) is 0 Å². The molecular formula is C14H17NO5S. The number of aryl methyl sites for hydroxylation is 1. The van der Waals surface area contributed by atoms with Crippen molar-refractivity contribution >= 4 is 21.7 Å². The molecule has 1 aliphatic rings. The molecule has 0 saturated carbocycles. The van der Waals surface area contributed by atoms with Gasteiger partial charge in [0.2, 0.25) is 0 Å². The summed E-state index contributed by atoms with van der Waals surface area (Å²) in [7, 11) is -3.12. The molecule has 1 atom stereocenters. The zero-order valence-corrected chi connectivity index (χ0v) is 12.7. The van der Waals surface area contributed by atoms with Crippen LogP contribution in [0.2, 0.25) is 0 Å². The van der Waals surface area contributed by atoms with Gasteiger partial charge in [0.25, 0.3) is 5.91 Å². The second kappa shape index (κ2) is 5.14. The first-order valence-electron chi connectivity index (χ1n) is 6.48. The van der Waals surface area contributed by atoms with E-state index in [1.807, 2.05) is 0 Å². The van der Waals surface area contributed by atoms with E-state index < -0.39 is 27.3 Å². The summed E-state index contributed by atoms with van der Waals surface area (Å²) >= 11 is 0. The Bertz CT molecular complexity index is 710. The first-order chi connectivity index (χ1) is 9.60. The average molecular weight is 311 g/mol. The largest absolute Gasteiger partial charge is 0.478 e. The summed E-state index contributed by atoms with van der Waals surface area (Å²) in [5, 5.41) is 11.7.